The normalized spacial score (nSPS) is 21.1. The van der Waals surface area contributed by atoms with Crippen LogP contribution >= 0.6 is 0 Å². The van der Waals surface area contributed by atoms with E-state index in [0.29, 0.717) is 30.0 Å². The molecule has 21 heavy (non-hydrogen) atoms. The summed E-state index contributed by atoms with van der Waals surface area (Å²) in [7, 11) is 0. The summed E-state index contributed by atoms with van der Waals surface area (Å²) >= 11 is 0. The minimum absolute atomic E-state index is 0.000775. The van der Waals surface area contributed by atoms with E-state index in [1.54, 1.807) is 0 Å². The van der Waals surface area contributed by atoms with E-state index in [0.717, 1.165) is 17.5 Å². The van der Waals surface area contributed by atoms with Crippen LogP contribution in [0, 0.1) is 19.8 Å². The Balaban J connectivity index is 2.18. The van der Waals surface area contributed by atoms with Gasteiger partial charge in [0.25, 0.3) is 5.91 Å². The second kappa shape index (κ2) is 6.12. The highest BCUT2D eigenvalue weighted by Crippen LogP contribution is 2.27. The van der Waals surface area contributed by atoms with Crippen molar-refractivity contribution in [1.29, 1.82) is 0 Å². The van der Waals surface area contributed by atoms with E-state index in [9.17, 15) is 9.59 Å². The molecule has 1 fully saturated rings. The van der Waals surface area contributed by atoms with Crippen molar-refractivity contribution < 1.29 is 9.59 Å². The summed E-state index contributed by atoms with van der Waals surface area (Å²) in [5, 5.41) is 2.77. The lowest BCUT2D eigenvalue weighted by molar-refractivity contribution is -0.118. The molecular formula is C17H22N2O2. The van der Waals surface area contributed by atoms with Gasteiger partial charge < -0.3 is 11.1 Å². The topological polar surface area (TPSA) is 72.2 Å². The minimum Gasteiger partial charge on any atom is -0.394 e. The van der Waals surface area contributed by atoms with E-state index < -0.39 is 5.91 Å². The number of rotatable bonds is 2. The number of nitrogens with two attached hydrogens (primary N) is 1. The molecule has 1 aromatic carbocycles. The lowest BCUT2D eigenvalue weighted by atomic mass is 9.84. The van der Waals surface area contributed by atoms with Gasteiger partial charge in [0.2, 0.25) is 0 Å². The maximum atomic E-state index is 12.2. The first-order valence-electron chi connectivity index (χ1n) is 7.29. The summed E-state index contributed by atoms with van der Waals surface area (Å²) in [6.07, 6.45) is 1.94. The molecule has 1 atom stereocenters. The van der Waals surface area contributed by atoms with Crippen LogP contribution in [-0.4, -0.2) is 11.7 Å². The molecule has 2 rings (SSSR count). The number of ketones is 1. The first-order valence-corrected chi connectivity index (χ1v) is 7.29. The van der Waals surface area contributed by atoms with Crippen LogP contribution in [0.1, 0.15) is 37.3 Å². The number of Topliss-reactive ketones (excluding diaryl/α,β-unsaturated/α-hetero) is 1. The monoisotopic (exact) mass is 286 g/mol. The zero-order chi connectivity index (χ0) is 15.6. The summed E-state index contributed by atoms with van der Waals surface area (Å²) in [5.41, 5.74) is 9.41. The minimum atomic E-state index is -0.393. The van der Waals surface area contributed by atoms with Crippen LogP contribution in [0.2, 0.25) is 0 Å². The van der Waals surface area contributed by atoms with Gasteiger partial charge in [-0.25, -0.2) is 0 Å². The predicted octanol–water partition coefficient (Wildman–Crippen LogP) is 2.84. The number of hydrogen-bond donors (Lipinski definition) is 2. The molecule has 4 heteroatoms. The Morgan fingerprint density at radius 1 is 1.29 bits per heavy atom. The molecule has 1 saturated carbocycles. The van der Waals surface area contributed by atoms with Gasteiger partial charge in [0.05, 0.1) is 0 Å². The van der Waals surface area contributed by atoms with Crippen LogP contribution in [-0.2, 0) is 9.59 Å². The van der Waals surface area contributed by atoms with Crippen LogP contribution in [0.3, 0.4) is 0 Å². The third-order valence-electron chi connectivity index (χ3n) is 4.09. The zero-order valence-corrected chi connectivity index (χ0v) is 12.8. The molecule has 0 spiro atoms. The number of carbonyl (C=O) groups excluding carboxylic acids is 2. The van der Waals surface area contributed by atoms with Crippen molar-refractivity contribution in [1.82, 2.24) is 0 Å². The molecule has 1 unspecified atom stereocenters. The molecule has 4 nitrogen and oxygen atoms in total. The molecule has 112 valence electrons. The van der Waals surface area contributed by atoms with E-state index >= 15 is 0 Å². The van der Waals surface area contributed by atoms with Crippen molar-refractivity contribution in [3.8, 4) is 0 Å². The Morgan fingerprint density at radius 3 is 2.67 bits per heavy atom. The second-order valence-electron chi connectivity index (χ2n) is 5.92. The van der Waals surface area contributed by atoms with Crippen LogP contribution in [0.15, 0.2) is 29.5 Å². The van der Waals surface area contributed by atoms with Crippen molar-refractivity contribution in [3.05, 3.63) is 40.6 Å². The smallest absolute Gasteiger partial charge is 0.271 e. The highest BCUT2D eigenvalue weighted by molar-refractivity contribution is 6.10. The highest BCUT2D eigenvalue weighted by Gasteiger charge is 2.25. The SMILES string of the molecule is Cc1ccc(NC(=O)C(N)=C2CC(C)CCC2=O)cc1C. The Bertz CT molecular complexity index is 617. The second-order valence-corrected chi connectivity index (χ2v) is 5.92. The first kappa shape index (κ1) is 15.3. The molecule has 0 saturated heterocycles. The summed E-state index contributed by atoms with van der Waals surface area (Å²) in [6.45, 7) is 6.07. The number of nitrogens with one attached hydrogen (secondary N) is 1. The van der Waals surface area contributed by atoms with Crippen molar-refractivity contribution in [2.24, 2.45) is 11.7 Å². The quantitative estimate of drug-likeness (QED) is 0.821. The van der Waals surface area contributed by atoms with E-state index in [-0.39, 0.29) is 11.5 Å². The van der Waals surface area contributed by atoms with E-state index in [1.165, 1.54) is 0 Å². The molecular weight excluding hydrogens is 264 g/mol. The summed E-state index contributed by atoms with van der Waals surface area (Å²) in [6, 6.07) is 5.68. The molecule has 1 aliphatic rings. The fraction of sp³-hybridized carbons (Fsp3) is 0.412. The molecule has 0 heterocycles. The van der Waals surface area contributed by atoms with Crippen molar-refractivity contribution in [3.63, 3.8) is 0 Å². The van der Waals surface area contributed by atoms with Crippen LogP contribution in [0.5, 0.6) is 0 Å². The average molecular weight is 286 g/mol. The fourth-order valence-corrected chi connectivity index (χ4v) is 2.51. The number of hydrogen-bond acceptors (Lipinski definition) is 3. The molecule has 3 N–H and O–H groups in total. The highest BCUT2D eigenvalue weighted by atomic mass is 16.2. The maximum absolute atomic E-state index is 12.2. The lowest BCUT2D eigenvalue weighted by Crippen LogP contribution is -2.27. The number of carbonyl (C=O) groups is 2. The van der Waals surface area contributed by atoms with Gasteiger partial charge >= 0.3 is 0 Å². The standard InChI is InChI=1S/C17H22N2O2/c1-10-4-7-15(20)14(8-10)16(18)17(21)19-13-6-5-11(2)12(3)9-13/h5-6,9-10H,4,7-8,18H2,1-3H3,(H,19,21). The van der Waals surface area contributed by atoms with Gasteiger partial charge in [-0.15, -0.1) is 0 Å². The predicted molar refractivity (Wildman–Crippen MR) is 83.8 cm³/mol. The van der Waals surface area contributed by atoms with Crippen molar-refractivity contribution in [2.75, 3.05) is 5.32 Å². The van der Waals surface area contributed by atoms with Gasteiger partial charge in [-0.05, 0) is 55.9 Å². The summed E-state index contributed by atoms with van der Waals surface area (Å²) in [5.74, 6) is 0.00205. The molecule has 0 aliphatic heterocycles. The number of allylic oxidation sites excluding steroid dienone is 1. The van der Waals surface area contributed by atoms with Crippen LogP contribution in [0.25, 0.3) is 0 Å². The molecule has 0 aromatic heterocycles. The Kier molecular flexibility index (Phi) is 4.46. The van der Waals surface area contributed by atoms with E-state index in [4.69, 9.17) is 5.73 Å². The number of aryl methyl sites for hydroxylation is 2. The van der Waals surface area contributed by atoms with Crippen molar-refractivity contribution >= 4 is 17.4 Å². The Hall–Kier alpha value is -2.10. The van der Waals surface area contributed by atoms with E-state index in [2.05, 4.69) is 12.2 Å². The lowest BCUT2D eigenvalue weighted by Gasteiger charge is -2.21. The van der Waals surface area contributed by atoms with Gasteiger partial charge in [0.1, 0.15) is 5.70 Å². The van der Waals surface area contributed by atoms with E-state index in [1.807, 2.05) is 32.0 Å². The zero-order valence-electron chi connectivity index (χ0n) is 12.8. The van der Waals surface area contributed by atoms with Crippen LogP contribution < -0.4 is 11.1 Å². The van der Waals surface area contributed by atoms with Crippen LogP contribution in [0.4, 0.5) is 5.69 Å². The van der Waals surface area contributed by atoms with Gasteiger partial charge in [-0.1, -0.05) is 13.0 Å². The summed E-state index contributed by atoms with van der Waals surface area (Å²) in [4.78, 5) is 24.1. The van der Waals surface area contributed by atoms with Crippen molar-refractivity contribution in [2.45, 2.75) is 40.0 Å². The van der Waals surface area contributed by atoms with Gasteiger partial charge in [0.15, 0.2) is 5.78 Å². The maximum Gasteiger partial charge on any atom is 0.271 e. The Labute approximate surface area is 125 Å². The van der Waals surface area contributed by atoms with Gasteiger partial charge in [-0.2, -0.15) is 0 Å². The fourth-order valence-electron chi connectivity index (χ4n) is 2.51. The molecule has 0 radical (unpaired) electrons. The molecule has 1 aromatic rings. The molecule has 1 aliphatic carbocycles. The largest absolute Gasteiger partial charge is 0.394 e. The molecule has 1 amide bonds. The molecule has 0 bridgehead atoms. The summed E-state index contributed by atoms with van der Waals surface area (Å²) < 4.78 is 0. The van der Waals surface area contributed by atoms with Gasteiger partial charge in [0, 0.05) is 17.7 Å². The third kappa shape index (κ3) is 3.51. The first-order chi connectivity index (χ1) is 9.88. The number of anilines is 1. The number of amides is 1. The van der Waals surface area contributed by atoms with Gasteiger partial charge in [-0.3, -0.25) is 9.59 Å². The number of benzene rings is 1. The Morgan fingerprint density at radius 2 is 2.00 bits per heavy atom. The average Bonchev–Trinajstić information content (AvgIpc) is 2.44. The third-order valence-corrected chi connectivity index (χ3v) is 4.09.